The molecule has 20 heavy (non-hydrogen) atoms. The van der Waals surface area contributed by atoms with E-state index in [1.165, 1.54) is 18.5 Å². The van der Waals surface area contributed by atoms with Gasteiger partial charge in [0.1, 0.15) is 4.90 Å². The monoisotopic (exact) mass is 292 g/mol. The van der Waals surface area contributed by atoms with Crippen molar-refractivity contribution in [3.63, 3.8) is 0 Å². The Bertz CT molecular complexity index is 751. The molecule has 2 rings (SSSR count). The van der Waals surface area contributed by atoms with Crippen LogP contribution in [0.15, 0.2) is 52.4 Å². The van der Waals surface area contributed by atoms with Crippen LogP contribution in [0.2, 0.25) is 0 Å². The van der Waals surface area contributed by atoms with Gasteiger partial charge in [-0.15, -0.1) is 0 Å². The Morgan fingerprint density at radius 2 is 1.85 bits per heavy atom. The van der Waals surface area contributed by atoms with E-state index in [0.29, 0.717) is 0 Å². The van der Waals surface area contributed by atoms with E-state index in [0.717, 1.165) is 17.5 Å². The maximum atomic E-state index is 12.1. The zero-order chi connectivity index (χ0) is 14.6. The molecule has 0 aliphatic rings. The zero-order valence-corrected chi connectivity index (χ0v) is 11.9. The van der Waals surface area contributed by atoms with Crippen LogP contribution >= 0.6 is 0 Å². The first-order valence-corrected chi connectivity index (χ1v) is 7.76. The summed E-state index contributed by atoms with van der Waals surface area (Å²) in [6.45, 7) is 2.18. The lowest BCUT2D eigenvalue weighted by atomic mass is 10.1. The van der Waals surface area contributed by atoms with Crippen LogP contribution in [-0.4, -0.2) is 13.4 Å². The summed E-state index contributed by atoms with van der Waals surface area (Å²) in [5.41, 5.74) is 1.46. The van der Waals surface area contributed by atoms with Crippen LogP contribution in [0.25, 0.3) is 0 Å². The number of hydrogen-bond donors (Lipinski definition) is 2. The molecule has 0 spiro atoms. The van der Waals surface area contributed by atoms with Crippen LogP contribution in [0.5, 0.6) is 0 Å². The van der Waals surface area contributed by atoms with E-state index in [4.69, 9.17) is 0 Å². The Labute approximate surface area is 117 Å². The van der Waals surface area contributed by atoms with Gasteiger partial charge in [0.2, 0.25) is 15.5 Å². The number of aromatic amines is 1. The molecule has 1 aromatic heterocycles. The first-order valence-electron chi connectivity index (χ1n) is 6.28. The van der Waals surface area contributed by atoms with Gasteiger partial charge < -0.3 is 4.98 Å². The molecule has 0 unspecified atom stereocenters. The van der Waals surface area contributed by atoms with Crippen molar-refractivity contribution in [2.75, 3.05) is 0 Å². The van der Waals surface area contributed by atoms with Crippen molar-refractivity contribution in [1.29, 1.82) is 0 Å². The Kier molecular flexibility index (Phi) is 4.36. The molecule has 6 heteroatoms. The summed E-state index contributed by atoms with van der Waals surface area (Å²) in [4.78, 5) is 13.9. The van der Waals surface area contributed by atoms with Crippen molar-refractivity contribution >= 4 is 10.0 Å². The number of aromatic nitrogens is 1. The van der Waals surface area contributed by atoms with Crippen molar-refractivity contribution < 1.29 is 8.42 Å². The summed E-state index contributed by atoms with van der Waals surface area (Å²) in [5, 5.41) is 0. The topological polar surface area (TPSA) is 79.0 Å². The third-order valence-corrected chi connectivity index (χ3v) is 4.45. The van der Waals surface area contributed by atoms with E-state index in [1.807, 2.05) is 31.2 Å². The summed E-state index contributed by atoms with van der Waals surface area (Å²) in [7, 11) is -3.81. The van der Waals surface area contributed by atoms with Gasteiger partial charge in [-0.2, -0.15) is 0 Å². The molecule has 0 amide bonds. The fourth-order valence-electron chi connectivity index (χ4n) is 1.94. The second kappa shape index (κ2) is 6.02. The van der Waals surface area contributed by atoms with E-state index >= 15 is 0 Å². The minimum Gasteiger partial charge on any atom is -0.366 e. The van der Waals surface area contributed by atoms with Crippen molar-refractivity contribution in [2.45, 2.75) is 24.8 Å². The molecule has 0 saturated heterocycles. The smallest absolute Gasteiger partial charge is 0.246 e. The standard InChI is InChI=1S/C14H16N2O3S/c1-2-11-5-3-4-6-12(11)9-16-20(18,19)14-10-15-8-7-13(14)17/h3-8,10,16H,2,9H2,1H3,(H,15,17). The average molecular weight is 292 g/mol. The van der Waals surface area contributed by atoms with Gasteiger partial charge in [0, 0.05) is 25.0 Å². The van der Waals surface area contributed by atoms with Crippen molar-refractivity contribution in [3.05, 3.63) is 64.1 Å². The van der Waals surface area contributed by atoms with Crippen molar-refractivity contribution in [1.82, 2.24) is 9.71 Å². The molecule has 5 nitrogen and oxygen atoms in total. The Balaban J connectivity index is 2.22. The van der Waals surface area contributed by atoms with Crippen LogP contribution in [-0.2, 0) is 23.0 Å². The maximum absolute atomic E-state index is 12.1. The van der Waals surface area contributed by atoms with Gasteiger partial charge in [0.05, 0.1) is 0 Å². The van der Waals surface area contributed by atoms with Crippen LogP contribution in [0.4, 0.5) is 0 Å². The number of sulfonamides is 1. The summed E-state index contributed by atoms with van der Waals surface area (Å²) in [6, 6.07) is 8.79. The summed E-state index contributed by atoms with van der Waals surface area (Å²) < 4.78 is 26.6. The lowest BCUT2D eigenvalue weighted by Gasteiger charge is -2.09. The van der Waals surface area contributed by atoms with Crippen molar-refractivity contribution in [3.8, 4) is 0 Å². The zero-order valence-electron chi connectivity index (χ0n) is 11.1. The van der Waals surface area contributed by atoms with Gasteiger partial charge in [-0.1, -0.05) is 31.2 Å². The first-order chi connectivity index (χ1) is 9.54. The van der Waals surface area contributed by atoms with Crippen LogP contribution in [0, 0.1) is 0 Å². The highest BCUT2D eigenvalue weighted by atomic mass is 32.2. The van der Waals surface area contributed by atoms with Crippen LogP contribution in [0.1, 0.15) is 18.1 Å². The van der Waals surface area contributed by atoms with Gasteiger partial charge in [-0.3, -0.25) is 4.79 Å². The first kappa shape index (κ1) is 14.5. The number of benzene rings is 1. The summed E-state index contributed by atoms with van der Waals surface area (Å²) >= 11 is 0. The molecule has 2 aromatic rings. The maximum Gasteiger partial charge on any atom is 0.246 e. The third-order valence-electron chi connectivity index (χ3n) is 3.03. The fraction of sp³-hybridized carbons (Fsp3) is 0.214. The van der Waals surface area contributed by atoms with Gasteiger partial charge in [0.15, 0.2) is 0 Å². The minimum atomic E-state index is -3.81. The number of H-pyrrole nitrogens is 1. The molecule has 0 radical (unpaired) electrons. The van der Waals surface area contributed by atoms with E-state index in [2.05, 4.69) is 9.71 Å². The van der Waals surface area contributed by atoms with Gasteiger partial charge in [0.25, 0.3) is 0 Å². The van der Waals surface area contributed by atoms with E-state index in [1.54, 1.807) is 0 Å². The predicted molar refractivity (Wildman–Crippen MR) is 76.9 cm³/mol. The third kappa shape index (κ3) is 3.15. The highest BCUT2D eigenvalue weighted by Crippen LogP contribution is 2.10. The second-order valence-electron chi connectivity index (χ2n) is 4.32. The highest BCUT2D eigenvalue weighted by Gasteiger charge is 2.17. The fourth-order valence-corrected chi connectivity index (χ4v) is 2.99. The molecule has 106 valence electrons. The number of hydrogen-bond acceptors (Lipinski definition) is 3. The van der Waals surface area contributed by atoms with Crippen LogP contribution in [0.3, 0.4) is 0 Å². The lowest BCUT2D eigenvalue weighted by Crippen LogP contribution is -2.28. The molecule has 0 fully saturated rings. The van der Waals surface area contributed by atoms with Gasteiger partial charge in [-0.25, -0.2) is 13.1 Å². The van der Waals surface area contributed by atoms with E-state index in [9.17, 15) is 13.2 Å². The number of rotatable bonds is 5. The normalized spacial score (nSPS) is 11.4. The average Bonchev–Trinajstić information content (AvgIpc) is 2.46. The molecule has 1 aromatic carbocycles. The van der Waals surface area contributed by atoms with Gasteiger partial charge in [-0.05, 0) is 17.5 Å². The number of pyridine rings is 1. The molecule has 0 aliphatic carbocycles. The number of nitrogens with one attached hydrogen (secondary N) is 2. The van der Waals surface area contributed by atoms with Crippen molar-refractivity contribution in [2.24, 2.45) is 0 Å². The molecule has 0 bridgehead atoms. The highest BCUT2D eigenvalue weighted by molar-refractivity contribution is 7.89. The quantitative estimate of drug-likeness (QED) is 0.874. The summed E-state index contributed by atoms with van der Waals surface area (Å²) in [5.74, 6) is 0. The largest absolute Gasteiger partial charge is 0.366 e. The Morgan fingerprint density at radius 3 is 2.50 bits per heavy atom. The predicted octanol–water partition coefficient (Wildman–Crippen LogP) is 1.42. The molecule has 0 saturated carbocycles. The van der Waals surface area contributed by atoms with E-state index < -0.39 is 15.5 Å². The molecular formula is C14H16N2O3S. The number of aryl methyl sites for hydroxylation is 1. The SMILES string of the molecule is CCc1ccccc1CNS(=O)(=O)c1c[nH]ccc1=O. The Hall–Kier alpha value is -1.92. The lowest BCUT2D eigenvalue weighted by molar-refractivity contribution is 0.580. The molecule has 0 atom stereocenters. The molecule has 0 aliphatic heterocycles. The second-order valence-corrected chi connectivity index (χ2v) is 6.06. The summed E-state index contributed by atoms with van der Waals surface area (Å²) in [6.07, 6.45) is 3.41. The minimum absolute atomic E-state index is 0.167. The van der Waals surface area contributed by atoms with Crippen LogP contribution < -0.4 is 10.2 Å². The van der Waals surface area contributed by atoms with E-state index in [-0.39, 0.29) is 11.4 Å². The molecular weight excluding hydrogens is 276 g/mol. The van der Waals surface area contributed by atoms with Gasteiger partial charge >= 0.3 is 0 Å². The Morgan fingerprint density at radius 1 is 1.15 bits per heavy atom. The molecule has 1 heterocycles. The molecule has 2 N–H and O–H groups in total.